The summed E-state index contributed by atoms with van der Waals surface area (Å²) < 4.78 is 0. The monoisotopic (exact) mass is 475 g/mol. The van der Waals surface area contributed by atoms with Gasteiger partial charge >= 0.3 is 0 Å². The fraction of sp³-hybridized carbons (Fsp3) is 0.536. The molecule has 186 valence electrons. The van der Waals surface area contributed by atoms with Gasteiger partial charge in [-0.1, -0.05) is 18.6 Å². The van der Waals surface area contributed by atoms with E-state index in [4.69, 9.17) is 0 Å². The lowest BCUT2D eigenvalue weighted by atomic mass is 9.89. The molecule has 0 aliphatic carbocycles. The Morgan fingerprint density at radius 2 is 1.69 bits per heavy atom. The van der Waals surface area contributed by atoms with E-state index >= 15 is 0 Å². The largest absolute Gasteiger partial charge is 0.369 e. The van der Waals surface area contributed by atoms with Gasteiger partial charge in [0, 0.05) is 51.0 Å². The van der Waals surface area contributed by atoms with Crippen molar-refractivity contribution in [1.82, 2.24) is 14.8 Å². The van der Waals surface area contributed by atoms with Gasteiger partial charge in [0.15, 0.2) is 0 Å². The first-order valence-corrected chi connectivity index (χ1v) is 13.2. The van der Waals surface area contributed by atoms with E-state index in [2.05, 4.69) is 37.1 Å². The molecule has 3 aliphatic heterocycles. The number of benzene rings is 1. The van der Waals surface area contributed by atoms with Crippen LogP contribution in [0.4, 0.5) is 11.4 Å². The van der Waals surface area contributed by atoms with Gasteiger partial charge < -0.3 is 20.0 Å². The van der Waals surface area contributed by atoms with E-state index in [9.17, 15) is 9.59 Å². The molecule has 2 aromatic rings. The first kappa shape index (κ1) is 23.8. The Morgan fingerprint density at radius 3 is 2.37 bits per heavy atom. The van der Waals surface area contributed by atoms with Gasteiger partial charge in [-0.25, -0.2) is 0 Å². The maximum absolute atomic E-state index is 12.7. The zero-order chi connectivity index (χ0) is 24.0. The molecular weight excluding hydrogens is 438 g/mol. The number of rotatable bonds is 7. The number of anilines is 2. The molecule has 7 heteroatoms. The third kappa shape index (κ3) is 6.01. The topological polar surface area (TPSA) is 68.8 Å². The van der Waals surface area contributed by atoms with Crippen LogP contribution in [0.1, 0.15) is 50.0 Å². The summed E-state index contributed by atoms with van der Waals surface area (Å²) >= 11 is 0. The second kappa shape index (κ2) is 11.2. The molecule has 3 fully saturated rings. The van der Waals surface area contributed by atoms with Crippen molar-refractivity contribution in [3.63, 3.8) is 0 Å². The highest BCUT2D eigenvalue weighted by atomic mass is 16.2. The lowest BCUT2D eigenvalue weighted by Crippen LogP contribution is -2.52. The second-order valence-electron chi connectivity index (χ2n) is 10.2. The summed E-state index contributed by atoms with van der Waals surface area (Å²) in [6.07, 6.45) is 10.1. The van der Waals surface area contributed by atoms with Crippen LogP contribution in [-0.2, 0) is 9.59 Å². The minimum Gasteiger partial charge on any atom is -0.369 e. The van der Waals surface area contributed by atoms with Crippen molar-refractivity contribution in [2.75, 3.05) is 56.0 Å². The fourth-order valence-electron chi connectivity index (χ4n) is 5.54. The number of nitrogens with zero attached hydrogens (tertiary/aromatic N) is 4. The molecule has 0 saturated carbocycles. The third-order valence-corrected chi connectivity index (χ3v) is 7.85. The van der Waals surface area contributed by atoms with Gasteiger partial charge in [-0.05, 0) is 74.5 Å². The Morgan fingerprint density at radius 1 is 0.943 bits per heavy atom. The van der Waals surface area contributed by atoms with Crippen molar-refractivity contribution in [3.05, 3.63) is 54.4 Å². The van der Waals surface area contributed by atoms with Gasteiger partial charge in [0.1, 0.15) is 0 Å². The number of carbonyl (C=O) groups is 2. The number of nitrogens with one attached hydrogen (secondary N) is 1. The number of likely N-dealkylation sites (tertiary alicyclic amines) is 2. The normalized spacial score (nSPS) is 19.9. The minimum atomic E-state index is 0.00617. The van der Waals surface area contributed by atoms with Crippen LogP contribution in [0, 0.1) is 5.92 Å². The number of piperidine rings is 2. The summed E-state index contributed by atoms with van der Waals surface area (Å²) in [5.41, 5.74) is 3.22. The van der Waals surface area contributed by atoms with Crippen LogP contribution in [0.15, 0.2) is 48.8 Å². The summed E-state index contributed by atoms with van der Waals surface area (Å²) in [7, 11) is 0. The highest BCUT2D eigenvalue weighted by Gasteiger charge is 2.33. The lowest BCUT2D eigenvalue weighted by Gasteiger charge is -2.39. The van der Waals surface area contributed by atoms with Crippen molar-refractivity contribution in [1.29, 1.82) is 0 Å². The first-order chi connectivity index (χ1) is 17.2. The van der Waals surface area contributed by atoms with Crippen molar-refractivity contribution in [3.8, 4) is 0 Å². The van der Waals surface area contributed by atoms with Crippen molar-refractivity contribution >= 4 is 23.2 Å². The Hall–Kier alpha value is -2.93. The standard InChI is InChI=1S/C28H37N5O2/c34-27(12-16-31-14-2-1-3-15-31)32-17-10-23(11-18-32)22-6-8-25(9-7-22)30-28(35)24-20-33(21-24)26-5-4-13-29-19-26/h4-9,13,19,23-24H,1-3,10-12,14-18,20-21H2,(H,30,35). The summed E-state index contributed by atoms with van der Waals surface area (Å²) in [5.74, 6) is 0.872. The number of pyridine rings is 1. The van der Waals surface area contributed by atoms with Crippen LogP contribution in [0.2, 0.25) is 0 Å². The highest BCUT2D eigenvalue weighted by Crippen LogP contribution is 2.30. The Bertz CT molecular complexity index is 976. The van der Waals surface area contributed by atoms with E-state index in [0.29, 0.717) is 18.2 Å². The first-order valence-electron chi connectivity index (χ1n) is 13.2. The third-order valence-electron chi connectivity index (χ3n) is 7.85. The molecule has 7 nitrogen and oxygen atoms in total. The molecule has 5 rings (SSSR count). The summed E-state index contributed by atoms with van der Waals surface area (Å²) in [4.78, 5) is 36.1. The van der Waals surface area contributed by atoms with E-state index in [1.165, 1.54) is 24.8 Å². The van der Waals surface area contributed by atoms with Crippen LogP contribution >= 0.6 is 0 Å². The number of hydrogen-bond acceptors (Lipinski definition) is 5. The van der Waals surface area contributed by atoms with Crippen LogP contribution in [0.3, 0.4) is 0 Å². The average Bonchev–Trinajstić information content (AvgIpc) is 2.88. The smallest absolute Gasteiger partial charge is 0.231 e. The molecule has 0 radical (unpaired) electrons. The number of amides is 2. The van der Waals surface area contributed by atoms with E-state index in [0.717, 1.165) is 70.0 Å². The molecule has 35 heavy (non-hydrogen) atoms. The fourth-order valence-corrected chi connectivity index (χ4v) is 5.54. The number of hydrogen-bond donors (Lipinski definition) is 1. The predicted molar refractivity (Wildman–Crippen MR) is 138 cm³/mol. The second-order valence-corrected chi connectivity index (χ2v) is 10.2. The molecule has 2 amide bonds. The summed E-state index contributed by atoms with van der Waals surface area (Å²) in [6.45, 7) is 6.35. The van der Waals surface area contributed by atoms with Gasteiger partial charge in [0.05, 0.1) is 17.8 Å². The molecule has 4 heterocycles. The molecule has 1 N–H and O–H groups in total. The SMILES string of the molecule is O=C(Nc1ccc(C2CCN(C(=O)CCN3CCCCC3)CC2)cc1)C1CN(c2cccnc2)C1. The van der Waals surface area contributed by atoms with Crippen molar-refractivity contribution in [2.45, 2.75) is 44.4 Å². The molecule has 0 unspecified atom stereocenters. The van der Waals surface area contributed by atoms with Gasteiger partial charge in [-0.2, -0.15) is 0 Å². The van der Waals surface area contributed by atoms with Crippen LogP contribution in [0.5, 0.6) is 0 Å². The molecule has 3 saturated heterocycles. The number of aromatic nitrogens is 1. The van der Waals surface area contributed by atoms with E-state index in [-0.39, 0.29) is 11.8 Å². The summed E-state index contributed by atoms with van der Waals surface area (Å²) in [5, 5.41) is 3.07. The minimum absolute atomic E-state index is 0.00617. The lowest BCUT2D eigenvalue weighted by molar-refractivity contribution is -0.132. The molecule has 0 spiro atoms. The highest BCUT2D eigenvalue weighted by molar-refractivity contribution is 5.94. The molecule has 3 aliphatic rings. The van der Waals surface area contributed by atoms with Crippen molar-refractivity contribution < 1.29 is 9.59 Å². The van der Waals surface area contributed by atoms with E-state index in [1.807, 2.05) is 30.5 Å². The van der Waals surface area contributed by atoms with E-state index in [1.54, 1.807) is 6.20 Å². The van der Waals surface area contributed by atoms with Crippen LogP contribution in [0.25, 0.3) is 0 Å². The average molecular weight is 476 g/mol. The van der Waals surface area contributed by atoms with Crippen molar-refractivity contribution in [2.24, 2.45) is 5.92 Å². The maximum atomic E-state index is 12.7. The zero-order valence-electron chi connectivity index (χ0n) is 20.6. The maximum Gasteiger partial charge on any atom is 0.231 e. The Kier molecular flexibility index (Phi) is 7.62. The van der Waals surface area contributed by atoms with Gasteiger partial charge in [0.2, 0.25) is 11.8 Å². The summed E-state index contributed by atoms with van der Waals surface area (Å²) in [6, 6.07) is 12.2. The predicted octanol–water partition coefficient (Wildman–Crippen LogP) is 3.74. The Balaban J connectivity index is 1.04. The van der Waals surface area contributed by atoms with Crippen LogP contribution in [-0.4, -0.2) is 72.4 Å². The zero-order valence-corrected chi connectivity index (χ0v) is 20.6. The molecular formula is C28H37N5O2. The molecule has 1 aromatic heterocycles. The molecule has 1 aromatic carbocycles. The van der Waals surface area contributed by atoms with Crippen LogP contribution < -0.4 is 10.2 Å². The van der Waals surface area contributed by atoms with Gasteiger partial charge in [-0.15, -0.1) is 0 Å². The quantitative estimate of drug-likeness (QED) is 0.661. The van der Waals surface area contributed by atoms with Gasteiger partial charge in [0.25, 0.3) is 0 Å². The number of carbonyl (C=O) groups excluding carboxylic acids is 2. The Labute approximate surface area is 208 Å². The molecule has 0 bridgehead atoms. The van der Waals surface area contributed by atoms with Gasteiger partial charge in [-0.3, -0.25) is 14.6 Å². The van der Waals surface area contributed by atoms with E-state index < -0.39 is 0 Å². The molecule has 0 atom stereocenters.